The first-order chi connectivity index (χ1) is 4.30. The van der Waals surface area contributed by atoms with Gasteiger partial charge in [-0.05, 0) is 0 Å². The van der Waals surface area contributed by atoms with Crippen LogP contribution in [-0.4, -0.2) is 0 Å². The number of benzene rings is 1. The van der Waals surface area contributed by atoms with E-state index < -0.39 is 6.43 Å². The molecule has 0 saturated heterocycles. The highest BCUT2D eigenvalue weighted by atomic mass is 35.5. The van der Waals surface area contributed by atoms with Crippen LogP contribution in [0.1, 0.15) is 12.0 Å². The standard InChI is InChI=1S/C7H6F2.ClH/c8-7(9)6-4-2-1-3-5-6;/h1-5,7H;1H/p-1. The van der Waals surface area contributed by atoms with Gasteiger partial charge in [0.25, 0.3) is 6.43 Å². The Hall–Kier alpha value is -0.630. The summed E-state index contributed by atoms with van der Waals surface area (Å²) < 4.78 is 23.5. The Morgan fingerprint density at radius 3 is 1.80 bits per heavy atom. The molecule has 0 saturated carbocycles. The molecule has 0 spiro atoms. The molecule has 0 fully saturated rings. The second-order valence-corrected chi connectivity index (χ2v) is 1.71. The molecule has 1 aromatic carbocycles. The van der Waals surface area contributed by atoms with E-state index in [0.29, 0.717) is 0 Å². The molecular formula is C7H6ClF2-. The fourth-order valence-electron chi connectivity index (χ4n) is 0.599. The van der Waals surface area contributed by atoms with E-state index in [1.165, 1.54) is 12.1 Å². The van der Waals surface area contributed by atoms with Gasteiger partial charge in [0.05, 0.1) is 0 Å². The van der Waals surface area contributed by atoms with Crippen LogP contribution in [0.2, 0.25) is 0 Å². The summed E-state index contributed by atoms with van der Waals surface area (Å²) in [5.41, 5.74) is 0.0810. The van der Waals surface area contributed by atoms with Crippen molar-refractivity contribution in [2.24, 2.45) is 0 Å². The van der Waals surface area contributed by atoms with Crippen LogP contribution in [0.25, 0.3) is 0 Å². The van der Waals surface area contributed by atoms with Crippen molar-refractivity contribution in [2.45, 2.75) is 6.43 Å². The molecule has 0 unspecified atom stereocenters. The van der Waals surface area contributed by atoms with Crippen LogP contribution in [0.3, 0.4) is 0 Å². The maximum Gasteiger partial charge on any atom is 0.263 e. The summed E-state index contributed by atoms with van der Waals surface area (Å²) in [7, 11) is 0. The van der Waals surface area contributed by atoms with Gasteiger partial charge in [0, 0.05) is 5.56 Å². The fraction of sp³-hybridized carbons (Fsp3) is 0.143. The molecule has 0 N–H and O–H groups in total. The maximum atomic E-state index is 11.8. The number of hydrogen-bond acceptors (Lipinski definition) is 0. The predicted molar refractivity (Wildman–Crippen MR) is 31.4 cm³/mol. The lowest BCUT2D eigenvalue weighted by Gasteiger charge is -1.94. The number of alkyl halides is 2. The molecule has 0 aliphatic heterocycles. The molecule has 0 radical (unpaired) electrons. The van der Waals surface area contributed by atoms with Crippen LogP contribution in [0.15, 0.2) is 30.3 Å². The first-order valence-corrected chi connectivity index (χ1v) is 2.64. The van der Waals surface area contributed by atoms with E-state index in [1.807, 2.05) is 0 Å². The Balaban J connectivity index is 0.000000810. The summed E-state index contributed by atoms with van der Waals surface area (Å²) in [5, 5.41) is 0. The molecule has 0 atom stereocenters. The highest BCUT2D eigenvalue weighted by Crippen LogP contribution is 2.16. The summed E-state index contributed by atoms with van der Waals surface area (Å²) in [4.78, 5) is 0. The Bertz CT molecular complexity index is 174. The normalized spacial score (nSPS) is 9.10. The monoisotopic (exact) mass is 163 g/mol. The Morgan fingerprint density at radius 1 is 1.00 bits per heavy atom. The molecule has 10 heavy (non-hydrogen) atoms. The molecular weight excluding hydrogens is 158 g/mol. The molecule has 0 bridgehead atoms. The minimum absolute atomic E-state index is 0. The van der Waals surface area contributed by atoms with E-state index in [1.54, 1.807) is 18.2 Å². The number of halogens is 3. The molecule has 56 valence electrons. The SMILES string of the molecule is FC(F)c1ccccc1.[Cl-]. The van der Waals surface area contributed by atoms with Gasteiger partial charge in [0.2, 0.25) is 0 Å². The van der Waals surface area contributed by atoms with Crippen molar-refractivity contribution in [2.75, 3.05) is 0 Å². The van der Waals surface area contributed by atoms with Crippen molar-refractivity contribution in [3.8, 4) is 0 Å². The summed E-state index contributed by atoms with van der Waals surface area (Å²) in [6, 6.07) is 7.73. The lowest BCUT2D eigenvalue weighted by atomic mass is 10.2. The van der Waals surface area contributed by atoms with Gasteiger partial charge in [-0.15, -0.1) is 0 Å². The van der Waals surface area contributed by atoms with Crippen LogP contribution in [-0.2, 0) is 0 Å². The fourth-order valence-corrected chi connectivity index (χ4v) is 0.599. The number of hydrogen-bond donors (Lipinski definition) is 0. The molecule has 0 aromatic heterocycles. The Kier molecular flexibility index (Phi) is 3.96. The van der Waals surface area contributed by atoms with E-state index in [0.717, 1.165) is 0 Å². The minimum atomic E-state index is -2.34. The van der Waals surface area contributed by atoms with Crippen LogP contribution < -0.4 is 12.4 Å². The van der Waals surface area contributed by atoms with Crippen molar-refractivity contribution < 1.29 is 21.2 Å². The zero-order valence-electron chi connectivity index (χ0n) is 5.10. The minimum Gasteiger partial charge on any atom is -1.00 e. The van der Waals surface area contributed by atoms with Crippen molar-refractivity contribution >= 4 is 0 Å². The van der Waals surface area contributed by atoms with Crippen molar-refractivity contribution in [1.82, 2.24) is 0 Å². The molecule has 1 rings (SSSR count). The first kappa shape index (κ1) is 9.37. The highest BCUT2D eigenvalue weighted by molar-refractivity contribution is 5.15. The molecule has 1 aromatic rings. The molecule has 0 aliphatic rings. The zero-order valence-corrected chi connectivity index (χ0v) is 5.85. The quantitative estimate of drug-likeness (QED) is 0.530. The summed E-state index contributed by atoms with van der Waals surface area (Å²) >= 11 is 0. The van der Waals surface area contributed by atoms with Crippen LogP contribution in [0.5, 0.6) is 0 Å². The van der Waals surface area contributed by atoms with Gasteiger partial charge < -0.3 is 12.4 Å². The van der Waals surface area contributed by atoms with Crippen LogP contribution in [0.4, 0.5) is 8.78 Å². The number of rotatable bonds is 1. The zero-order chi connectivity index (χ0) is 6.69. The smallest absolute Gasteiger partial charge is 0.263 e. The molecule has 0 heterocycles. The summed E-state index contributed by atoms with van der Waals surface area (Å²) in [6.07, 6.45) is -2.34. The van der Waals surface area contributed by atoms with Crippen molar-refractivity contribution in [3.05, 3.63) is 35.9 Å². The Morgan fingerprint density at radius 2 is 1.50 bits per heavy atom. The van der Waals surface area contributed by atoms with E-state index >= 15 is 0 Å². The first-order valence-electron chi connectivity index (χ1n) is 2.64. The predicted octanol–water partition coefficient (Wildman–Crippen LogP) is -0.372. The van der Waals surface area contributed by atoms with E-state index in [9.17, 15) is 8.78 Å². The largest absolute Gasteiger partial charge is 1.00 e. The van der Waals surface area contributed by atoms with Gasteiger partial charge >= 0.3 is 0 Å². The summed E-state index contributed by atoms with van der Waals surface area (Å²) in [5.74, 6) is 0. The molecule has 3 heteroatoms. The van der Waals surface area contributed by atoms with Crippen molar-refractivity contribution in [3.63, 3.8) is 0 Å². The second-order valence-electron chi connectivity index (χ2n) is 1.71. The van der Waals surface area contributed by atoms with Gasteiger partial charge in [0.1, 0.15) is 0 Å². The average Bonchev–Trinajstić information content (AvgIpc) is 1.90. The lowest BCUT2D eigenvalue weighted by molar-refractivity contribution is -0.00000516. The van der Waals surface area contributed by atoms with E-state index in [-0.39, 0.29) is 18.0 Å². The maximum absolute atomic E-state index is 11.8. The third-order valence-corrected chi connectivity index (χ3v) is 1.05. The van der Waals surface area contributed by atoms with Gasteiger partial charge in [-0.2, -0.15) is 0 Å². The second kappa shape index (κ2) is 4.23. The van der Waals surface area contributed by atoms with E-state index in [4.69, 9.17) is 0 Å². The third kappa shape index (κ3) is 2.31. The third-order valence-electron chi connectivity index (χ3n) is 1.05. The topological polar surface area (TPSA) is 0 Å². The van der Waals surface area contributed by atoms with E-state index in [2.05, 4.69) is 0 Å². The lowest BCUT2D eigenvalue weighted by Crippen LogP contribution is -3.00. The average molecular weight is 164 g/mol. The van der Waals surface area contributed by atoms with Crippen LogP contribution in [0, 0.1) is 0 Å². The van der Waals surface area contributed by atoms with Gasteiger partial charge in [-0.25, -0.2) is 8.78 Å². The molecule has 0 aliphatic carbocycles. The highest BCUT2D eigenvalue weighted by Gasteiger charge is 2.02. The van der Waals surface area contributed by atoms with Crippen molar-refractivity contribution in [1.29, 1.82) is 0 Å². The Labute approximate surface area is 64.3 Å². The molecule has 0 nitrogen and oxygen atoms in total. The van der Waals surface area contributed by atoms with Gasteiger partial charge in [0.15, 0.2) is 0 Å². The van der Waals surface area contributed by atoms with Gasteiger partial charge in [-0.1, -0.05) is 30.3 Å². The van der Waals surface area contributed by atoms with Gasteiger partial charge in [-0.3, -0.25) is 0 Å². The molecule has 0 amide bonds. The summed E-state index contributed by atoms with van der Waals surface area (Å²) in [6.45, 7) is 0. The van der Waals surface area contributed by atoms with Crippen LogP contribution >= 0.6 is 0 Å².